The summed E-state index contributed by atoms with van der Waals surface area (Å²) in [5.41, 5.74) is 2.17. The van der Waals surface area contributed by atoms with Crippen molar-refractivity contribution < 1.29 is 9.53 Å². The van der Waals surface area contributed by atoms with Gasteiger partial charge in [-0.05, 0) is 24.8 Å². The van der Waals surface area contributed by atoms with Gasteiger partial charge in [0, 0.05) is 18.4 Å². The van der Waals surface area contributed by atoms with Crippen molar-refractivity contribution in [3.8, 4) is 0 Å². The van der Waals surface area contributed by atoms with Crippen LogP contribution in [0.5, 0.6) is 0 Å². The van der Waals surface area contributed by atoms with E-state index in [-0.39, 0.29) is 12.0 Å². The number of hydrogen-bond acceptors (Lipinski definition) is 4. The van der Waals surface area contributed by atoms with Gasteiger partial charge in [0.1, 0.15) is 6.10 Å². The van der Waals surface area contributed by atoms with E-state index in [1.165, 1.54) is 5.56 Å². The molecule has 1 saturated heterocycles. The number of thiazole rings is 1. The number of nitrogens with zero attached hydrogens (tertiary/aromatic N) is 1. The molecule has 1 aromatic heterocycles. The Balaban J connectivity index is 1.50. The minimum Gasteiger partial charge on any atom is -0.368 e. The van der Waals surface area contributed by atoms with Gasteiger partial charge in [-0.15, -0.1) is 11.3 Å². The lowest BCUT2D eigenvalue weighted by Gasteiger charge is -2.21. The first-order valence-corrected chi connectivity index (χ1v) is 8.56. The lowest BCUT2D eigenvalue weighted by Crippen LogP contribution is -2.38. The third-order valence-corrected chi connectivity index (χ3v) is 4.61. The average molecular weight is 316 g/mol. The van der Waals surface area contributed by atoms with Crippen LogP contribution >= 0.6 is 11.3 Å². The maximum absolute atomic E-state index is 12.0. The summed E-state index contributed by atoms with van der Waals surface area (Å²) < 4.78 is 5.48. The molecule has 0 saturated carbocycles. The first kappa shape index (κ1) is 15.2. The molecule has 0 radical (unpaired) electrons. The number of ether oxygens (including phenoxy) is 1. The molecule has 2 heterocycles. The van der Waals surface area contributed by atoms with Gasteiger partial charge >= 0.3 is 0 Å². The molecule has 2 aromatic rings. The number of carbonyl (C=O) groups is 1. The van der Waals surface area contributed by atoms with Gasteiger partial charge in [-0.3, -0.25) is 4.79 Å². The fraction of sp³-hybridized carbons (Fsp3) is 0.412. The fourth-order valence-electron chi connectivity index (χ4n) is 2.52. The van der Waals surface area contributed by atoms with Crippen LogP contribution in [-0.4, -0.2) is 23.6 Å². The van der Waals surface area contributed by atoms with E-state index in [1.54, 1.807) is 11.3 Å². The number of aromatic nitrogens is 1. The predicted molar refractivity (Wildman–Crippen MR) is 86.8 cm³/mol. The summed E-state index contributed by atoms with van der Waals surface area (Å²) in [6.07, 6.45) is 3.50. The molecule has 1 aromatic carbocycles. The van der Waals surface area contributed by atoms with Gasteiger partial charge in [-0.25, -0.2) is 4.98 Å². The molecular weight excluding hydrogens is 296 g/mol. The average Bonchev–Trinajstić information content (AvgIpc) is 3.02. The second-order valence-electron chi connectivity index (χ2n) is 5.47. The molecule has 1 aliphatic rings. The molecule has 0 spiro atoms. The van der Waals surface area contributed by atoms with Crippen molar-refractivity contribution in [1.82, 2.24) is 10.3 Å². The summed E-state index contributed by atoms with van der Waals surface area (Å²) in [5.74, 6) is -0.0164. The molecular formula is C17H20N2O2S. The Bertz CT molecular complexity index is 606. The molecule has 3 rings (SSSR count). The number of benzene rings is 1. The van der Waals surface area contributed by atoms with Crippen LogP contribution in [-0.2, 0) is 22.5 Å². The molecule has 1 aliphatic heterocycles. The van der Waals surface area contributed by atoms with Crippen molar-refractivity contribution in [3.05, 3.63) is 52.0 Å². The standard InChI is InChI=1S/C17H20N2O2S/c20-17(15-8-4-5-9-21-15)18-11-14-12-22-16(19-14)10-13-6-2-1-3-7-13/h1-3,6-7,12,15H,4-5,8-11H2,(H,18,20)/t15-/m1/s1. The van der Waals surface area contributed by atoms with Crippen LogP contribution in [0.2, 0.25) is 0 Å². The zero-order valence-corrected chi connectivity index (χ0v) is 13.3. The number of carbonyl (C=O) groups excluding carboxylic acids is 1. The van der Waals surface area contributed by atoms with Crippen molar-refractivity contribution >= 4 is 17.2 Å². The summed E-state index contributed by atoms with van der Waals surface area (Å²) in [7, 11) is 0. The highest BCUT2D eigenvalue weighted by atomic mass is 32.1. The minimum absolute atomic E-state index is 0.0164. The fourth-order valence-corrected chi connectivity index (χ4v) is 3.35. The van der Waals surface area contributed by atoms with E-state index in [0.29, 0.717) is 13.2 Å². The van der Waals surface area contributed by atoms with Crippen molar-refractivity contribution in [3.63, 3.8) is 0 Å². The Morgan fingerprint density at radius 3 is 2.95 bits per heavy atom. The van der Waals surface area contributed by atoms with Gasteiger partial charge in [0.15, 0.2) is 0 Å². The highest BCUT2D eigenvalue weighted by Crippen LogP contribution is 2.16. The van der Waals surface area contributed by atoms with E-state index in [9.17, 15) is 4.79 Å². The maximum Gasteiger partial charge on any atom is 0.249 e. The Hall–Kier alpha value is -1.72. The van der Waals surface area contributed by atoms with Crippen LogP contribution in [0, 0.1) is 0 Å². The van der Waals surface area contributed by atoms with E-state index in [2.05, 4.69) is 22.4 Å². The van der Waals surface area contributed by atoms with E-state index in [0.717, 1.165) is 36.4 Å². The van der Waals surface area contributed by atoms with E-state index < -0.39 is 0 Å². The van der Waals surface area contributed by atoms with Gasteiger partial charge in [0.25, 0.3) is 0 Å². The van der Waals surface area contributed by atoms with E-state index in [4.69, 9.17) is 4.74 Å². The van der Waals surface area contributed by atoms with Crippen LogP contribution in [0.25, 0.3) is 0 Å². The summed E-state index contributed by atoms with van der Waals surface area (Å²) in [6.45, 7) is 1.17. The second-order valence-corrected chi connectivity index (χ2v) is 6.41. The molecule has 0 unspecified atom stereocenters. The molecule has 5 heteroatoms. The molecule has 1 atom stereocenters. The molecule has 0 bridgehead atoms. The van der Waals surface area contributed by atoms with E-state index >= 15 is 0 Å². The highest BCUT2D eigenvalue weighted by molar-refractivity contribution is 7.09. The van der Waals surface area contributed by atoms with Crippen molar-refractivity contribution in [1.29, 1.82) is 0 Å². The van der Waals surface area contributed by atoms with Crippen LogP contribution in [0.15, 0.2) is 35.7 Å². The third-order valence-electron chi connectivity index (χ3n) is 3.71. The van der Waals surface area contributed by atoms with Crippen LogP contribution < -0.4 is 5.32 Å². The normalized spacial score (nSPS) is 18.1. The molecule has 1 N–H and O–H groups in total. The quantitative estimate of drug-likeness (QED) is 0.923. The number of hydrogen-bond donors (Lipinski definition) is 1. The number of amides is 1. The first-order valence-electron chi connectivity index (χ1n) is 7.68. The summed E-state index contributed by atoms with van der Waals surface area (Å²) >= 11 is 1.64. The summed E-state index contributed by atoms with van der Waals surface area (Å²) in [4.78, 5) is 16.6. The lowest BCUT2D eigenvalue weighted by molar-refractivity contribution is -0.135. The van der Waals surface area contributed by atoms with Gasteiger partial charge < -0.3 is 10.1 Å². The van der Waals surface area contributed by atoms with Gasteiger partial charge in [0.05, 0.1) is 17.2 Å². The van der Waals surface area contributed by atoms with Crippen LogP contribution in [0.3, 0.4) is 0 Å². The smallest absolute Gasteiger partial charge is 0.249 e. The molecule has 116 valence electrons. The van der Waals surface area contributed by atoms with Crippen molar-refractivity contribution in [2.45, 2.75) is 38.3 Å². The SMILES string of the molecule is O=C(NCc1csc(Cc2ccccc2)n1)[C@H]1CCCCO1. The maximum atomic E-state index is 12.0. The molecule has 1 fully saturated rings. The van der Waals surface area contributed by atoms with Gasteiger partial charge in [-0.1, -0.05) is 30.3 Å². The number of nitrogens with one attached hydrogen (secondary N) is 1. The van der Waals surface area contributed by atoms with Crippen LogP contribution in [0.4, 0.5) is 0 Å². The predicted octanol–water partition coefficient (Wildman–Crippen LogP) is 2.92. The lowest BCUT2D eigenvalue weighted by atomic mass is 10.1. The Morgan fingerprint density at radius 2 is 2.18 bits per heavy atom. The zero-order chi connectivity index (χ0) is 15.2. The molecule has 1 amide bonds. The van der Waals surface area contributed by atoms with Gasteiger partial charge in [-0.2, -0.15) is 0 Å². The van der Waals surface area contributed by atoms with Gasteiger partial charge in [0.2, 0.25) is 5.91 Å². The minimum atomic E-state index is -0.281. The monoisotopic (exact) mass is 316 g/mol. The Kier molecular flexibility index (Phi) is 5.19. The van der Waals surface area contributed by atoms with Crippen LogP contribution in [0.1, 0.15) is 35.5 Å². The number of rotatable bonds is 5. The largest absolute Gasteiger partial charge is 0.368 e. The second kappa shape index (κ2) is 7.51. The van der Waals surface area contributed by atoms with E-state index in [1.807, 2.05) is 23.6 Å². The topological polar surface area (TPSA) is 51.2 Å². The first-order chi connectivity index (χ1) is 10.8. The Morgan fingerprint density at radius 1 is 1.32 bits per heavy atom. The van der Waals surface area contributed by atoms with Crippen molar-refractivity contribution in [2.24, 2.45) is 0 Å². The summed E-state index contributed by atoms with van der Waals surface area (Å²) in [6, 6.07) is 10.3. The van der Waals surface area contributed by atoms with Crippen molar-refractivity contribution in [2.75, 3.05) is 6.61 Å². The highest BCUT2D eigenvalue weighted by Gasteiger charge is 2.21. The third kappa shape index (κ3) is 4.15. The molecule has 22 heavy (non-hydrogen) atoms. The Labute approximate surface area is 134 Å². The molecule has 4 nitrogen and oxygen atoms in total. The summed E-state index contributed by atoms with van der Waals surface area (Å²) in [5, 5.41) is 6.01. The zero-order valence-electron chi connectivity index (χ0n) is 12.5. The molecule has 0 aliphatic carbocycles.